The summed E-state index contributed by atoms with van der Waals surface area (Å²) in [6.45, 7) is 3.22. The lowest BCUT2D eigenvalue weighted by Crippen LogP contribution is -2.26. The Morgan fingerprint density at radius 2 is 2.14 bits per heavy atom. The van der Waals surface area contributed by atoms with Crippen molar-refractivity contribution in [2.75, 3.05) is 0 Å². The van der Waals surface area contributed by atoms with E-state index in [0.717, 1.165) is 18.8 Å². The molecular weight excluding hydrogens is 276 g/mol. The minimum Gasteiger partial charge on any atom is -0.349 e. The highest BCUT2D eigenvalue weighted by atomic mass is 16.1. The van der Waals surface area contributed by atoms with Crippen molar-refractivity contribution in [3.63, 3.8) is 0 Å². The van der Waals surface area contributed by atoms with Crippen molar-refractivity contribution < 1.29 is 4.79 Å². The highest BCUT2D eigenvalue weighted by Crippen LogP contribution is 2.04. The zero-order valence-corrected chi connectivity index (χ0v) is 13.0. The number of aromatic nitrogens is 2. The van der Waals surface area contributed by atoms with Gasteiger partial charge in [0.1, 0.15) is 5.82 Å². The second kappa shape index (κ2) is 8.34. The van der Waals surface area contributed by atoms with E-state index in [9.17, 15) is 4.79 Å². The maximum absolute atomic E-state index is 11.7. The lowest BCUT2D eigenvalue weighted by atomic mass is 10.1. The second-order valence-electron chi connectivity index (χ2n) is 5.57. The van der Waals surface area contributed by atoms with Crippen LogP contribution in [0.2, 0.25) is 0 Å². The molecule has 0 fully saturated rings. The Labute approximate surface area is 131 Å². The number of amides is 1. The largest absolute Gasteiger partial charge is 0.349 e. The molecule has 1 aromatic carbocycles. The molecule has 5 nitrogen and oxygen atoms in total. The summed E-state index contributed by atoms with van der Waals surface area (Å²) in [7, 11) is 0. The summed E-state index contributed by atoms with van der Waals surface area (Å²) >= 11 is 0. The van der Waals surface area contributed by atoms with Crippen LogP contribution in [0.1, 0.15) is 31.2 Å². The Morgan fingerprint density at radius 1 is 1.36 bits per heavy atom. The van der Waals surface area contributed by atoms with Crippen LogP contribution in [0, 0.1) is 0 Å². The number of rotatable bonds is 8. The van der Waals surface area contributed by atoms with Crippen molar-refractivity contribution in [2.24, 2.45) is 5.73 Å². The summed E-state index contributed by atoms with van der Waals surface area (Å²) in [4.78, 5) is 16.0. The number of carbonyl (C=O) groups excluding carboxylic acids is 1. The average Bonchev–Trinajstić information content (AvgIpc) is 2.97. The fourth-order valence-corrected chi connectivity index (χ4v) is 2.23. The minimum atomic E-state index is 0.0231. The number of benzene rings is 1. The van der Waals surface area contributed by atoms with Crippen LogP contribution in [0.5, 0.6) is 0 Å². The molecular formula is C17H24N4O. The molecule has 1 atom stereocenters. The van der Waals surface area contributed by atoms with Crippen LogP contribution in [0.4, 0.5) is 0 Å². The molecule has 5 heteroatoms. The summed E-state index contributed by atoms with van der Waals surface area (Å²) in [5, 5.41) is 2.90. The molecule has 22 heavy (non-hydrogen) atoms. The Bertz CT molecular complexity index is 577. The smallest absolute Gasteiger partial charge is 0.220 e. The Kier molecular flexibility index (Phi) is 6.15. The van der Waals surface area contributed by atoms with Gasteiger partial charge in [0, 0.05) is 31.4 Å². The molecule has 1 heterocycles. The normalized spacial score (nSPS) is 12.1. The third kappa shape index (κ3) is 5.33. The van der Waals surface area contributed by atoms with Gasteiger partial charge in [0.25, 0.3) is 0 Å². The lowest BCUT2D eigenvalue weighted by Gasteiger charge is -2.10. The number of hydrogen-bond donors (Lipinski definition) is 2. The van der Waals surface area contributed by atoms with Gasteiger partial charge in [0.05, 0.1) is 6.54 Å². The van der Waals surface area contributed by atoms with Crippen LogP contribution < -0.4 is 11.1 Å². The van der Waals surface area contributed by atoms with Crippen LogP contribution >= 0.6 is 0 Å². The highest BCUT2D eigenvalue weighted by Gasteiger charge is 2.07. The van der Waals surface area contributed by atoms with Crippen LogP contribution in [0.25, 0.3) is 0 Å². The van der Waals surface area contributed by atoms with Crippen molar-refractivity contribution in [3.8, 4) is 0 Å². The molecule has 0 radical (unpaired) electrons. The first-order chi connectivity index (χ1) is 10.6. The van der Waals surface area contributed by atoms with Gasteiger partial charge in [-0.25, -0.2) is 4.98 Å². The number of nitrogens with two attached hydrogens (primary N) is 1. The van der Waals surface area contributed by atoms with Crippen molar-refractivity contribution in [1.82, 2.24) is 14.9 Å². The van der Waals surface area contributed by atoms with Crippen molar-refractivity contribution in [2.45, 2.75) is 45.3 Å². The van der Waals surface area contributed by atoms with Crippen LogP contribution in [-0.4, -0.2) is 21.5 Å². The standard InChI is InChI=1S/C17H24N4O/c1-14(18)7-8-17(22)20-13-16-19-10-12-21(16)11-9-15-5-3-2-4-6-15/h2-6,10,12,14H,7-9,11,13,18H2,1H3,(H,20,22). The zero-order valence-electron chi connectivity index (χ0n) is 13.0. The molecule has 3 N–H and O–H groups in total. The second-order valence-corrected chi connectivity index (χ2v) is 5.57. The van der Waals surface area contributed by atoms with E-state index >= 15 is 0 Å². The molecule has 0 aliphatic carbocycles. The van der Waals surface area contributed by atoms with Gasteiger partial charge in [0.2, 0.25) is 5.91 Å². The van der Waals surface area contributed by atoms with Gasteiger partial charge >= 0.3 is 0 Å². The molecule has 2 rings (SSSR count). The number of carbonyl (C=O) groups is 1. The average molecular weight is 300 g/mol. The van der Waals surface area contributed by atoms with E-state index < -0.39 is 0 Å². The van der Waals surface area contributed by atoms with Crippen molar-refractivity contribution in [3.05, 3.63) is 54.1 Å². The van der Waals surface area contributed by atoms with E-state index in [1.807, 2.05) is 31.3 Å². The fourth-order valence-electron chi connectivity index (χ4n) is 2.23. The van der Waals surface area contributed by atoms with Gasteiger partial charge in [-0.3, -0.25) is 4.79 Å². The third-order valence-corrected chi connectivity index (χ3v) is 3.56. The lowest BCUT2D eigenvalue weighted by molar-refractivity contribution is -0.121. The van der Waals surface area contributed by atoms with Gasteiger partial charge in [-0.1, -0.05) is 30.3 Å². The molecule has 118 valence electrons. The summed E-state index contributed by atoms with van der Waals surface area (Å²) in [5.74, 6) is 0.903. The predicted octanol–water partition coefficient (Wildman–Crippen LogP) is 1.87. The maximum atomic E-state index is 11.7. The van der Waals surface area contributed by atoms with Gasteiger partial charge in [-0.15, -0.1) is 0 Å². The Balaban J connectivity index is 1.81. The SMILES string of the molecule is CC(N)CCC(=O)NCc1nccn1CCc1ccccc1. The van der Waals surface area contributed by atoms with Crippen LogP contribution in [0.3, 0.4) is 0 Å². The number of hydrogen-bond acceptors (Lipinski definition) is 3. The quantitative estimate of drug-likeness (QED) is 0.781. The Morgan fingerprint density at radius 3 is 2.86 bits per heavy atom. The molecule has 0 bridgehead atoms. The molecule has 1 amide bonds. The van der Waals surface area contributed by atoms with E-state index in [-0.39, 0.29) is 11.9 Å². The van der Waals surface area contributed by atoms with Crippen LogP contribution in [0.15, 0.2) is 42.7 Å². The van der Waals surface area contributed by atoms with Crippen molar-refractivity contribution >= 4 is 5.91 Å². The molecule has 2 aromatic rings. The number of nitrogens with zero attached hydrogens (tertiary/aromatic N) is 2. The van der Waals surface area contributed by atoms with Gasteiger partial charge < -0.3 is 15.6 Å². The fraction of sp³-hybridized carbons (Fsp3) is 0.412. The van der Waals surface area contributed by atoms with E-state index in [0.29, 0.717) is 19.4 Å². The number of aryl methyl sites for hydroxylation is 2. The first kappa shape index (κ1) is 16.2. The number of nitrogens with one attached hydrogen (secondary N) is 1. The summed E-state index contributed by atoms with van der Waals surface area (Å²) in [6.07, 6.45) is 5.83. The summed E-state index contributed by atoms with van der Waals surface area (Å²) < 4.78 is 2.08. The zero-order chi connectivity index (χ0) is 15.8. The molecule has 0 saturated heterocycles. The summed E-state index contributed by atoms with van der Waals surface area (Å²) in [5.41, 5.74) is 6.95. The molecule has 0 saturated carbocycles. The first-order valence-electron chi connectivity index (χ1n) is 7.71. The van der Waals surface area contributed by atoms with E-state index in [4.69, 9.17) is 5.73 Å². The molecule has 0 spiro atoms. The van der Waals surface area contributed by atoms with E-state index in [1.165, 1.54) is 5.56 Å². The van der Waals surface area contributed by atoms with Crippen molar-refractivity contribution in [1.29, 1.82) is 0 Å². The van der Waals surface area contributed by atoms with Gasteiger partial charge in [-0.05, 0) is 25.3 Å². The third-order valence-electron chi connectivity index (χ3n) is 3.56. The highest BCUT2D eigenvalue weighted by molar-refractivity contribution is 5.75. The van der Waals surface area contributed by atoms with Gasteiger partial charge in [0.15, 0.2) is 0 Å². The van der Waals surface area contributed by atoms with Crippen LogP contribution in [-0.2, 0) is 24.3 Å². The molecule has 0 aliphatic heterocycles. The monoisotopic (exact) mass is 300 g/mol. The number of imidazole rings is 1. The molecule has 0 aliphatic rings. The topological polar surface area (TPSA) is 72.9 Å². The molecule has 1 aromatic heterocycles. The predicted molar refractivity (Wildman–Crippen MR) is 87.1 cm³/mol. The minimum absolute atomic E-state index is 0.0231. The summed E-state index contributed by atoms with van der Waals surface area (Å²) in [6, 6.07) is 10.4. The van der Waals surface area contributed by atoms with E-state index in [2.05, 4.69) is 27.0 Å². The maximum Gasteiger partial charge on any atom is 0.220 e. The molecule has 1 unspecified atom stereocenters. The first-order valence-corrected chi connectivity index (χ1v) is 7.71. The van der Waals surface area contributed by atoms with Gasteiger partial charge in [-0.2, -0.15) is 0 Å². The van der Waals surface area contributed by atoms with E-state index in [1.54, 1.807) is 6.20 Å². The Hall–Kier alpha value is -2.14.